The van der Waals surface area contributed by atoms with Crippen LogP contribution in [0.1, 0.15) is 0 Å². The fourth-order valence-corrected chi connectivity index (χ4v) is 2.29. The monoisotopic (exact) mass is 296 g/mol. The average Bonchev–Trinajstić information content (AvgIpc) is 3.14. The SMILES string of the molecule is O=C(Nc1ccc2c(c1)OCO2)Nn1cnc2ccccc21. The number of rotatable bonds is 2. The number of carbonyl (C=O) groups excluding carboxylic acids is 1. The number of nitrogens with one attached hydrogen (secondary N) is 2. The smallest absolute Gasteiger partial charge is 0.338 e. The van der Waals surface area contributed by atoms with Gasteiger partial charge in [0.05, 0.1) is 11.0 Å². The molecule has 0 fully saturated rings. The van der Waals surface area contributed by atoms with Gasteiger partial charge < -0.3 is 14.8 Å². The molecule has 0 atom stereocenters. The van der Waals surface area contributed by atoms with Gasteiger partial charge in [-0.3, -0.25) is 0 Å². The molecule has 2 aromatic carbocycles. The van der Waals surface area contributed by atoms with Gasteiger partial charge in [-0.15, -0.1) is 0 Å². The maximum Gasteiger partial charge on any atom is 0.338 e. The molecule has 0 unspecified atom stereocenters. The molecule has 1 aliphatic rings. The van der Waals surface area contributed by atoms with Gasteiger partial charge in [0.2, 0.25) is 6.79 Å². The number of aromatic nitrogens is 2. The second kappa shape index (κ2) is 4.96. The van der Waals surface area contributed by atoms with Crippen LogP contribution in [0, 0.1) is 0 Å². The summed E-state index contributed by atoms with van der Waals surface area (Å²) in [5.74, 6) is 1.29. The summed E-state index contributed by atoms with van der Waals surface area (Å²) in [4.78, 5) is 16.3. The quantitative estimate of drug-likeness (QED) is 0.762. The van der Waals surface area contributed by atoms with Gasteiger partial charge in [0.25, 0.3) is 0 Å². The first-order valence-electron chi connectivity index (χ1n) is 6.69. The minimum absolute atomic E-state index is 0.200. The Morgan fingerprint density at radius 2 is 2.00 bits per heavy atom. The molecular formula is C15H12N4O3. The Hall–Kier alpha value is -3.22. The lowest BCUT2D eigenvalue weighted by Crippen LogP contribution is -2.27. The summed E-state index contributed by atoms with van der Waals surface area (Å²) in [7, 11) is 0. The molecule has 0 saturated heterocycles. The number of imidazole rings is 1. The van der Waals surface area contributed by atoms with Crippen LogP contribution >= 0.6 is 0 Å². The van der Waals surface area contributed by atoms with Crippen molar-refractivity contribution in [2.45, 2.75) is 0 Å². The normalized spacial score (nSPS) is 12.4. The maximum absolute atomic E-state index is 12.1. The van der Waals surface area contributed by atoms with Crippen LogP contribution in [-0.4, -0.2) is 22.5 Å². The highest BCUT2D eigenvalue weighted by atomic mass is 16.7. The molecule has 7 heteroatoms. The predicted molar refractivity (Wildman–Crippen MR) is 80.7 cm³/mol. The molecule has 0 radical (unpaired) electrons. The van der Waals surface area contributed by atoms with Gasteiger partial charge in [-0.1, -0.05) is 12.1 Å². The highest BCUT2D eigenvalue weighted by Gasteiger charge is 2.14. The Kier molecular flexibility index (Phi) is 2.82. The van der Waals surface area contributed by atoms with Gasteiger partial charge in [0, 0.05) is 11.8 Å². The topological polar surface area (TPSA) is 77.4 Å². The molecule has 7 nitrogen and oxygen atoms in total. The number of hydrogen-bond acceptors (Lipinski definition) is 4. The van der Waals surface area contributed by atoms with Crippen molar-refractivity contribution in [2.75, 3.05) is 17.5 Å². The van der Waals surface area contributed by atoms with Crippen LogP contribution in [0.3, 0.4) is 0 Å². The highest BCUT2D eigenvalue weighted by molar-refractivity contribution is 5.96. The molecule has 22 heavy (non-hydrogen) atoms. The third-order valence-corrected chi connectivity index (χ3v) is 3.31. The average molecular weight is 296 g/mol. The number of para-hydroxylation sites is 2. The highest BCUT2D eigenvalue weighted by Crippen LogP contribution is 2.34. The first kappa shape index (κ1) is 12.5. The van der Waals surface area contributed by atoms with E-state index in [9.17, 15) is 4.79 Å². The van der Waals surface area contributed by atoms with Crippen molar-refractivity contribution in [2.24, 2.45) is 0 Å². The molecule has 4 rings (SSSR count). The summed E-state index contributed by atoms with van der Waals surface area (Å²) in [6.45, 7) is 0.200. The first-order valence-corrected chi connectivity index (χ1v) is 6.69. The molecular weight excluding hydrogens is 284 g/mol. The van der Waals surface area contributed by atoms with E-state index < -0.39 is 0 Å². The molecule has 2 heterocycles. The Bertz CT molecular complexity index is 859. The number of amides is 2. The van der Waals surface area contributed by atoms with Crippen molar-refractivity contribution in [3.05, 3.63) is 48.8 Å². The fraction of sp³-hybridized carbons (Fsp3) is 0.0667. The van der Waals surface area contributed by atoms with Gasteiger partial charge in [0.1, 0.15) is 6.33 Å². The summed E-state index contributed by atoms with van der Waals surface area (Å²) >= 11 is 0. The third-order valence-electron chi connectivity index (χ3n) is 3.31. The molecule has 1 aliphatic heterocycles. The van der Waals surface area contributed by atoms with Crippen LogP contribution in [0.2, 0.25) is 0 Å². The lowest BCUT2D eigenvalue weighted by atomic mass is 10.3. The van der Waals surface area contributed by atoms with Crippen molar-refractivity contribution in [1.82, 2.24) is 9.66 Å². The summed E-state index contributed by atoms with van der Waals surface area (Å²) in [6, 6.07) is 12.4. The number of ether oxygens (including phenoxy) is 2. The van der Waals surface area contributed by atoms with Crippen molar-refractivity contribution in [3.8, 4) is 11.5 Å². The Morgan fingerprint density at radius 3 is 2.95 bits per heavy atom. The fourth-order valence-electron chi connectivity index (χ4n) is 2.29. The van der Waals surface area contributed by atoms with E-state index in [-0.39, 0.29) is 12.8 Å². The number of nitrogens with zero attached hydrogens (tertiary/aromatic N) is 2. The van der Waals surface area contributed by atoms with Gasteiger partial charge in [0.15, 0.2) is 11.5 Å². The summed E-state index contributed by atoms with van der Waals surface area (Å²) in [6.07, 6.45) is 1.56. The molecule has 0 aliphatic carbocycles. The molecule has 0 bridgehead atoms. The molecule has 0 saturated carbocycles. The maximum atomic E-state index is 12.1. The van der Waals surface area contributed by atoms with Crippen LogP contribution < -0.4 is 20.2 Å². The van der Waals surface area contributed by atoms with E-state index in [0.29, 0.717) is 17.2 Å². The number of urea groups is 1. The van der Waals surface area contributed by atoms with Crippen molar-refractivity contribution < 1.29 is 14.3 Å². The van der Waals surface area contributed by atoms with E-state index in [2.05, 4.69) is 15.7 Å². The number of carbonyl (C=O) groups is 1. The largest absolute Gasteiger partial charge is 0.454 e. The Morgan fingerprint density at radius 1 is 1.14 bits per heavy atom. The van der Waals surface area contributed by atoms with E-state index in [1.807, 2.05) is 24.3 Å². The van der Waals surface area contributed by atoms with Crippen LogP contribution in [0.4, 0.5) is 10.5 Å². The molecule has 110 valence electrons. The van der Waals surface area contributed by atoms with Crippen LogP contribution in [-0.2, 0) is 0 Å². The predicted octanol–water partition coefficient (Wildman–Crippen LogP) is 2.54. The van der Waals surface area contributed by atoms with Crippen LogP contribution in [0.25, 0.3) is 11.0 Å². The van der Waals surface area contributed by atoms with Crippen LogP contribution in [0.5, 0.6) is 11.5 Å². The lowest BCUT2D eigenvalue weighted by Gasteiger charge is -2.09. The number of fused-ring (bicyclic) bond motifs is 2. The summed E-state index contributed by atoms with van der Waals surface area (Å²) in [5.41, 5.74) is 4.96. The second-order valence-corrected chi connectivity index (χ2v) is 4.74. The van der Waals surface area contributed by atoms with Gasteiger partial charge in [-0.05, 0) is 24.3 Å². The number of hydrogen-bond donors (Lipinski definition) is 2. The first-order chi connectivity index (χ1) is 10.8. The molecule has 0 spiro atoms. The summed E-state index contributed by atoms with van der Waals surface area (Å²) in [5, 5.41) is 2.74. The van der Waals surface area contributed by atoms with E-state index in [1.165, 1.54) is 0 Å². The van der Waals surface area contributed by atoms with E-state index in [0.717, 1.165) is 11.0 Å². The molecule has 1 aromatic heterocycles. The Labute approximate surface area is 125 Å². The number of benzene rings is 2. The van der Waals surface area contributed by atoms with Crippen LogP contribution in [0.15, 0.2) is 48.8 Å². The minimum Gasteiger partial charge on any atom is -0.454 e. The van der Waals surface area contributed by atoms with Gasteiger partial charge in [-0.2, -0.15) is 0 Å². The zero-order valence-electron chi connectivity index (χ0n) is 11.4. The standard InChI is InChI=1S/C15H12N4O3/c20-15(17-10-5-6-13-14(7-10)22-9-21-13)18-19-8-16-11-3-1-2-4-12(11)19/h1-8H,9H2,(H2,17,18,20). The van der Waals surface area contributed by atoms with Crippen molar-refractivity contribution in [1.29, 1.82) is 0 Å². The zero-order valence-corrected chi connectivity index (χ0v) is 11.4. The van der Waals surface area contributed by atoms with Gasteiger partial charge >= 0.3 is 6.03 Å². The Balaban J connectivity index is 1.51. The van der Waals surface area contributed by atoms with Crippen molar-refractivity contribution >= 4 is 22.8 Å². The third kappa shape index (κ3) is 2.18. The van der Waals surface area contributed by atoms with Crippen molar-refractivity contribution in [3.63, 3.8) is 0 Å². The zero-order chi connectivity index (χ0) is 14.9. The second-order valence-electron chi connectivity index (χ2n) is 4.74. The minimum atomic E-state index is -0.373. The van der Waals surface area contributed by atoms with E-state index >= 15 is 0 Å². The summed E-state index contributed by atoms with van der Waals surface area (Å²) < 4.78 is 12.1. The molecule has 2 amide bonds. The van der Waals surface area contributed by atoms with Gasteiger partial charge in [-0.25, -0.2) is 19.9 Å². The van der Waals surface area contributed by atoms with E-state index in [1.54, 1.807) is 29.2 Å². The lowest BCUT2D eigenvalue weighted by molar-refractivity contribution is 0.174. The number of anilines is 1. The van der Waals surface area contributed by atoms with E-state index in [4.69, 9.17) is 9.47 Å². The molecule has 3 aromatic rings. The molecule has 2 N–H and O–H groups in total.